The van der Waals surface area contributed by atoms with Crippen molar-refractivity contribution in [2.24, 2.45) is 39.4 Å². The molecule has 0 heterocycles. The summed E-state index contributed by atoms with van der Waals surface area (Å²) in [4.78, 5) is 24.3. The average molecular weight is 499 g/mol. The van der Waals surface area contributed by atoms with E-state index in [9.17, 15) is 14.7 Å². The highest BCUT2D eigenvalue weighted by atomic mass is 16.5. The third-order valence-electron chi connectivity index (χ3n) is 11.9. The number of fused-ring (bicyclic) bond motifs is 4. The number of hydrogen-bond donors (Lipinski definition) is 1. The Kier molecular flexibility index (Phi) is 7.10. The molecule has 4 heteroatoms. The molecule has 7 atom stereocenters. The molecule has 0 amide bonds. The molecule has 4 rings (SSSR count). The van der Waals surface area contributed by atoms with Crippen LogP contribution in [0.5, 0.6) is 0 Å². The summed E-state index contributed by atoms with van der Waals surface area (Å²) in [5.41, 5.74) is 4.85. The van der Waals surface area contributed by atoms with Gasteiger partial charge >= 0.3 is 11.9 Å². The van der Waals surface area contributed by atoms with Crippen LogP contribution in [-0.4, -0.2) is 23.1 Å². The van der Waals surface area contributed by atoms with Crippen molar-refractivity contribution in [1.29, 1.82) is 0 Å². The molecule has 0 radical (unpaired) electrons. The first-order valence-corrected chi connectivity index (χ1v) is 14.4. The summed E-state index contributed by atoms with van der Waals surface area (Å²) >= 11 is 0. The van der Waals surface area contributed by atoms with E-state index in [1.165, 1.54) is 12.5 Å². The Morgan fingerprint density at radius 1 is 0.972 bits per heavy atom. The fourth-order valence-electron chi connectivity index (χ4n) is 9.81. The maximum atomic E-state index is 12.5. The van der Waals surface area contributed by atoms with Crippen molar-refractivity contribution in [2.75, 3.05) is 0 Å². The molecule has 0 spiro atoms. The molecule has 0 saturated heterocycles. The number of carboxylic acid groups (broad SMARTS) is 1. The lowest BCUT2D eigenvalue weighted by Gasteiger charge is -2.62. The predicted octanol–water partition coefficient (Wildman–Crippen LogP) is 8.11. The fraction of sp³-hybridized carbons (Fsp3) is 0.812. The van der Waals surface area contributed by atoms with Crippen LogP contribution in [0.15, 0.2) is 22.8 Å². The first kappa shape index (κ1) is 27.5. The summed E-state index contributed by atoms with van der Waals surface area (Å²) in [6.07, 6.45) is 12.4. The average Bonchev–Trinajstić information content (AvgIpc) is 3.04. The van der Waals surface area contributed by atoms with Crippen LogP contribution in [0.3, 0.4) is 0 Å². The van der Waals surface area contributed by atoms with Gasteiger partial charge in [0.25, 0.3) is 0 Å². The summed E-state index contributed by atoms with van der Waals surface area (Å²) in [5, 5.41) is 10.3. The van der Waals surface area contributed by atoms with E-state index in [4.69, 9.17) is 4.74 Å². The van der Waals surface area contributed by atoms with Gasteiger partial charge in [0.1, 0.15) is 6.10 Å². The number of hydrogen-bond acceptors (Lipinski definition) is 3. The number of ether oxygens (including phenoxy) is 1. The zero-order valence-electron chi connectivity index (χ0n) is 24.1. The first-order valence-electron chi connectivity index (χ1n) is 14.4. The SMILES string of the molecule is CC(=O)O[C@@H]1CC[C@]2(C)C3=C(CC[C@H]2C1(C)C)[C@]1(C)CC[C@H]([C@@H](CCC=C(C)C)C(=O)O)[C@@]1(C)CC3. The second kappa shape index (κ2) is 9.31. The van der Waals surface area contributed by atoms with Crippen molar-refractivity contribution >= 4 is 11.9 Å². The highest BCUT2D eigenvalue weighted by molar-refractivity contribution is 5.70. The van der Waals surface area contributed by atoms with Crippen LogP contribution < -0.4 is 0 Å². The smallest absolute Gasteiger partial charge is 0.306 e. The Hall–Kier alpha value is -1.58. The lowest BCUT2D eigenvalue weighted by atomic mass is 9.43. The molecule has 4 nitrogen and oxygen atoms in total. The molecular weight excluding hydrogens is 448 g/mol. The zero-order chi connectivity index (χ0) is 26.7. The van der Waals surface area contributed by atoms with Crippen molar-refractivity contribution in [3.63, 3.8) is 0 Å². The molecular formula is C32H50O4. The van der Waals surface area contributed by atoms with Crippen LogP contribution in [0, 0.1) is 39.4 Å². The molecule has 0 aromatic rings. The number of rotatable bonds is 6. The van der Waals surface area contributed by atoms with Crippen LogP contribution in [0.4, 0.5) is 0 Å². The number of aliphatic carboxylic acids is 1. The van der Waals surface area contributed by atoms with Crippen LogP contribution in [0.25, 0.3) is 0 Å². The highest BCUT2D eigenvalue weighted by Crippen LogP contribution is 2.72. The summed E-state index contributed by atoms with van der Waals surface area (Å²) in [6, 6.07) is 0. The minimum atomic E-state index is -0.603. The Labute approximate surface area is 219 Å². The topological polar surface area (TPSA) is 63.6 Å². The Morgan fingerprint density at radius 2 is 1.67 bits per heavy atom. The van der Waals surface area contributed by atoms with Gasteiger partial charge < -0.3 is 9.84 Å². The van der Waals surface area contributed by atoms with Gasteiger partial charge in [0.05, 0.1) is 5.92 Å². The Bertz CT molecular complexity index is 969. The molecule has 0 bridgehead atoms. The second-order valence-electron chi connectivity index (χ2n) is 14.1. The quantitative estimate of drug-likeness (QED) is 0.297. The van der Waals surface area contributed by atoms with E-state index in [-0.39, 0.29) is 45.6 Å². The van der Waals surface area contributed by atoms with Gasteiger partial charge in [-0.3, -0.25) is 9.59 Å². The standard InChI is InChI=1S/C32H50O4/c1-20(2)10-9-11-22(28(34)35)23-14-18-32(8)25-12-13-26-29(4,5)27(36-21(3)33)16-17-30(26,6)24(25)15-19-31(23,32)7/h10,22-23,26-27H,9,11-19H2,1-8H3,(H,34,35)/t22-,23-,26+,27-,30-,31-,32+/m1/s1. The molecule has 36 heavy (non-hydrogen) atoms. The largest absolute Gasteiger partial charge is 0.481 e. The van der Waals surface area contributed by atoms with E-state index >= 15 is 0 Å². The first-order chi connectivity index (χ1) is 16.7. The molecule has 0 aromatic carbocycles. The van der Waals surface area contributed by atoms with Crippen molar-refractivity contribution in [2.45, 2.75) is 126 Å². The van der Waals surface area contributed by atoms with Crippen LogP contribution >= 0.6 is 0 Å². The number of allylic oxidation sites excluding steroid dienone is 4. The van der Waals surface area contributed by atoms with Gasteiger partial charge in [0.2, 0.25) is 0 Å². The summed E-state index contributed by atoms with van der Waals surface area (Å²) in [6.45, 7) is 17.8. The number of carbonyl (C=O) groups is 2. The molecule has 2 saturated carbocycles. The van der Waals surface area contributed by atoms with E-state index in [0.29, 0.717) is 5.92 Å². The lowest BCUT2D eigenvalue weighted by Crippen LogP contribution is -2.56. The summed E-state index contributed by atoms with van der Waals surface area (Å²) in [5.74, 6) is -0.291. The normalized spacial score (nSPS) is 39.9. The predicted molar refractivity (Wildman–Crippen MR) is 144 cm³/mol. The molecule has 0 aliphatic heterocycles. The van der Waals surface area contributed by atoms with E-state index in [0.717, 1.165) is 64.2 Å². The number of esters is 1. The van der Waals surface area contributed by atoms with Gasteiger partial charge in [-0.1, -0.05) is 57.4 Å². The van der Waals surface area contributed by atoms with Gasteiger partial charge in [-0.05, 0) is 106 Å². The van der Waals surface area contributed by atoms with Crippen LogP contribution in [-0.2, 0) is 14.3 Å². The fourth-order valence-corrected chi connectivity index (χ4v) is 9.81. The van der Waals surface area contributed by atoms with Crippen molar-refractivity contribution in [3.05, 3.63) is 22.8 Å². The highest BCUT2D eigenvalue weighted by Gasteiger charge is 2.64. The van der Waals surface area contributed by atoms with E-state index < -0.39 is 5.97 Å². The molecule has 1 N–H and O–H groups in total. The zero-order valence-corrected chi connectivity index (χ0v) is 24.1. The molecule has 2 fully saturated rings. The van der Waals surface area contributed by atoms with Gasteiger partial charge in [-0.2, -0.15) is 0 Å². The van der Waals surface area contributed by atoms with Crippen LogP contribution in [0.1, 0.15) is 120 Å². The molecule has 4 aliphatic carbocycles. The van der Waals surface area contributed by atoms with Gasteiger partial charge in [0, 0.05) is 12.3 Å². The van der Waals surface area contributed by atoms with E-state index in [1.54, 1.807) is 11.1 Å². The Morgan fingerprint density at radius 3 is 2.28 bits per heavy atom. The molecule has 0 unspecified atom stereocenters. The van der Waals surface area contributed by atoms with Crippen molar-refractivity contribution < 1.29 is 19.4 Å². The monoisotopic (exact) mass is 498 g/mol. The van der Waals surface area contributed by atoms with E-state index in [1.807, 2.05) is 0 Å². The minimum Gasteiger partial charge on any atom is -0.481 e. The van der Waals surface area contributed by atoms with Crippen LogP contribution in [0.2, 0.25) is 0 Å². The maximum absolute atomic E-state index is 12.5. The summed E-state index contributed by atoms with van der Waals surface area (Å²) < 4.78 is 5.84. The third-order valence-corrected chi connectivity index (χ3v) is 11.9. The molecule has 4 aliphatic rings. The minimum absolute atomic E-state index is 0.00680. The molecule has 0 aromatic heterocycles. The van der Waals surface area contributed by atoms with Gasteiger partial charge in [-0.25, -0.2) is 0 Å². The van der Waals surface area contributed by atoms with Crippen molar-refractivity contribution in [1.82, 2.24) is 0 Å². The number of carboxylic acids is 1. The van der Waals surface area contributed by atoms with Gasteiger partial charge in [0.15, 0.2) is 0 Å². The Balaban J connectivity index is 1.67. The summed E-state index contributed by atoms with van der Waals surface area (Å²) in [7, 11) is 0. The lowest BCUT2D eigenvalue weighted by molar-refractivity contribution is -0.167. The number of carbonyl (C=O) groups excluding carboxylic acids is 1. The van der Waals surface area contributed by atoms with E-state index in [2.05, 4.69) is 54.5 Å². The molecule has 202 valence electrons. The van der Waals surface area contributed by atoms with Crippen molar-refractivity contribution in [3.8, 4) is 0 Å². The maximum Gasteiger partial charge on any atom is 0.306 e. The third kappa shape index (κ3) is 4.09. The second-order valence-corrected chi connectivity index (χ2v) is 14.1. The van der Waals surface area contributed by atoms with Gasteiger partial charge in [-0.15, -0.1) is 0 Å².